The molecular weight excluding hydrogens is 428 g/mol. The van der Waals surface area contributed by atoms with Crippen molar-refractivity contribution in [2.75, 3.05) is 24.6 Å². The number of nitrogens with zero attached hydrogens (tertiary/aromatic N) is 3. The van der Waals surface area contributed by atoms with Crippen molar-refractivity contribution in [3.63, 3.8) is 0 Å². The van der Waals surface area contributed by atoms with Crippen molar-refractivity contribution < 1.29 is 9.84 Å². The predicted octanol–water partition coefficient (Wildman–Crippen LogP) is 3.45. The number of anilines is 1. The van der Waals surface area contributed by atoms with Gasteiger partial charge in [-0.1, -0.05) is 11.9 Å². The summed E-state index contributed by atoms with van der Waals surface area (Å²) in [5.41, 5.74) is 1.64. The first-order valence-electron chi connectivity index (χ1n) is 9.59. The molecule has 1 aromatic heterocycles. The zero-order valence-corrected chi connectivity index (χ0v) is 19.3. The highest BCUT2D eigenvalue weighted by Gasteiger charge is 2.50. The fraction of sp³-hybridized carbons (Fsp3) is 0.789. The van der Waals surface area contributed by atoms with Gasteiger partial charge in [-0.15, -0.1) is 0 Å². The van der Waals surface area contributed by atoms with E-state index in [1.54, 1.807) is 11.9 Å². The van der Waals surface area contributed by atoms with Gasteiger partial charge in [-0.05, 0) is 63.4 Å². The third kappa shape index (κ3) is 4.61. The second-order valence-electron chi connectivity index (χ2n) is 8.70. The van der Waals surface area contributed by atoms with E-state index in [1.165, 1.54) is 0 Å². The topological polar surface area (TPSA) is 70.5 Å². The molecule has 0 unspecified atom stereocenters. The number of aryl methyl sites for hydroxylation is 1. The van der Waals surface area contributed by atoms with Gasteiger partial charge in [0.25, 0.3) is 0 Å². The monoisotopic (exact) mass is 458 g/mol. The Morgan fingerprint density at radius 3 is 2.59 bits per heavy atom. The molecule has 2 saturated heterocycles. The summed E-state index contributed by atoms with van der Waals surface area (Å²) in [6.45, 7) is 13.3. The van der Waals surface area contributed by atoms with Crippen LogP contribution in [0.4, 0.5) is 5.82 Å². The van der Waals surface area contributed by atoms with E-state index in [0.29, 0.717) is 16.3 Å². The average Bonchev–Trinajstić information content (AvgIpc) is 2.91. The Hall–Kier alpha value is -0.410. The highest BCUT2D eigenvalue weighted by molar-refractivity contribution is 9.10. The first-order valence-corrected chi connectivity index (χ1v) is 11.2. The van der Waals surface area contributed by atoms with Crippen molar-refractivity contribution >= 4 is 33.7 Å². The Labute approximate surface area is 175 Å². The molecule has 8 heteroatoms. The molecule has 1 aromatic rings. The molecule has 0 amide bonds. The van der Waals surface area contributed by atoms with Gasteiger partial charge in [0.2, 0.25) is 0 Å². The van der Waals surface area contributed by atoms with Crippen LogP contribution in [0, 0.1) is 12.3 Å². The first kappa shape index (κ1) is 21.3. The van der Waals surface area contributed by atoms with E-state index in [9.17, 15) is 5.11 Å². The number of aliphatic hydroxyl groups excluding tert-OH is 1. The Balaban J connectivity index is 1.73. The molecule has 2 N–H and O–H groups in total. The third-order valence-electron chi connectivity index (χ3n) is 5.53. The van der Waals surface area contributed by atoms with Gasteiger partial charge < -0.3 is 14.7 Å². The predicted molar refractivity (Wildman–Crippen MR) is 114 cm³/mol. The number of nitrogens with one attached hydrogen (secondary N) is 1. The standard InChI is InChI=1S/C19H31BrN4O2S/c1-12-16(20)22-14(10-25)17(21-12)24-8-6-19(7-9-24)11-26-13(2)15(19)23-27-18(3,4)5/h13,15,23,25H,6-11H2,1-5H3/t13-,15+/m0/s1. The van der Waals surface area contributed by atoms with Crippen LogP contribution >= 0.6 is 27.9 Å². The zero-order chi connectivity index (χ0) is 19.8. The molecule has 6 nitrogen and oxygen atoms in total. The maximum Gasteiger partial charge on any atom is 0.153 e. The number of hydrogen-bond acceptors (Lipinski definition) is 7. The van der Waals surface area contributed by atoms with Crippen LogP contribution in [0.25, 0.3) is 0 Å². The summed E-state index contributed by atoms with van der Waals surface area (Å²) in [4.78, 5) is 11.4. The van der Waals surface area contributed by atoms with Crippen LogP contribution in [0.2, 0.25) is 0 Å². The summed E-state index contributed by atoms with van der Waals surface area (Å²) >= 11 is 5.22. The average molecular weight is 459 g/mol. The minimum atomic E-state index is -0.102. The van der Waals surface area contributed by atoms with Crippen molar-refractivity contribution in [3.8, 4) is 0 Å². The lowest BCUT2D eigenvalue weighted by Crippen LogP contribution is -2.52. The lowest BCUT2D eigenvalue weighted by atomic mass is 9.73. The maximum atomic E-state index is 9.71. The van der Waals surface area contributed by atoms with Crippen LogP contribution in [0.1, 0.15) is 51.9 Å². The number of aromatic nitrogens is 2. The number of ether oxygens (including phenoxy) is 1. The molecule has 0 bridgehead atoms. The van der Waals surface area contributed by atoms with Crippen LogP contribution < -0.4 is 9.62 Å². The molecule has 152 valence electrons. The Morgan fingerprint density at radius 2 is 2.00 bits per heavy atom. The van der Waals surface area contributed by atoms with Gasteiger partial charge in [-0.2, -0.15) is 0 Å². The normalized spacial score (nSPS) is 25.4. The van der Waals surface area contributed by atoms with Crippen molar-refractivity contribution in [1.82, 2.24) is 14.7 Å². The molecule has 0 aliphatic carbocycles. The van der Waals surface area contributed by atoms with Crippen LogP contribution in [-0.2, 0) is 11.3 Å². The van der Waals surface area contributed by atoms with E-state index >= 15 is 0 Å². The molecule has 2 aliphatic rings. The molecule has 1 spiro atoms. The number of rotatable bonds is 4. The zero-order valence-electron chi connectivity index (χ0n) is 16.9. The number of aliphatic hydroxyl groups is 1. The van der Waals surface area contributed by atoms with E-state index in [2.05, 4.69) is 58.2 Å². The summed E-state index contributed by atoms with van der Waals surface area (Å²) in [6.07, 6.45) is 2.30. The van der Waals surface area contributed by atoms with Crippen molar-refractivity contribution in [2.45, 2.75) is 71.0 Å². The molecular formula is C19H31BrN4O2S. The molecule has 0 radical (unpaired) electrons. The number of hydrogen-bond donors (Lipinski definition) is 2. The Bertz CT molecular complexity index is 674. The van der Waals surface area contributed by atoms with Crippen LogP contribution in [0.15, 0.2) is 4.60 Å². The van der Waals surface area contributed by atoms with Crippen molar-refractivity contribution in [1.29, 1.82) is 0 Å². The SMILES string of the molecule is Cc1nc(N2CCC3(CC2)CO[C@@H](C)[C@H]3NSC(C)(C)C)c(CO)nc1Br. The van der Waals surface area contributed by atoms with Gasteiger partial charge in [0, 0.05) is 23.3 Å². The van der Waals surface area contributed by atoms with E-state index in [0.717, 1.165) is 44.0 Å². The molecule has 0 saturated carbocycles. The summed E-state index contributed by atoms with van der Waals surface area (Å²) in [5, 5.41) is 9.71. The summed E-state index contributed by atoms with van der Waals surface area (Å²) in [6, 6.07) is 0.346. The Morgan fingerprint density at radius 1 is 1.33 bits per heavy atom. The lowest BCUT2D eigenvalue weighted by Gasteiger charge is -2.43. The highest BCUT2D eigenvalue weighted by Crippen LogP contribution is 2.44. The second-order valence-corrected chi connectivity index (χ2v) is 11.1. The van der Waals surface area contributed by atoms with Gasteiger partial charge in [0.15, 0.2) is 5.82 Å². The molecule has 0 aromatic carbocycles. The van der Waals surface area contributed by atoms with Crippen LogP contribution in [0.5, 0.6) is 0 Å². The maximum absolute atomic E-state index is 9.71. The molecule has 27 heavy (non-hydrogen) atoms. The van der Waals surface area contributed by atoms with Crippen LogP contribution in [-0.4, -0.2) is 51.7 Å². The minimum Gasteiger partial charge on any atom is -0.390 e. The number of piperidine rings is 1. The summed E-state index contributed by atoms with van der Waals surface area (Å²) in [7, 11) is 0. The third-order valence-corrected chi connectivity index (χ3v) is 7.26. The van der Waals surface area contributed by atoms with Gasteiger partial charge in [-0.3, -0.25) is 4.72 Å². The van der Waals surface area contributed by atoms with E-state index in [1.807, 2.05) is 6.92 Å². The molecule has 2 atom stereocenters. The first-order chi connectivity index (χ1) is 12.6. The largest absolute Gasteiger partial charge is 0.390 e. The second kappa shape index (κ2) is 8.14. The van der Waals surface area contributed by atoms with Crippen molar-refractivity contribution in [2.24, 2.45) is 5.41 Å². The summed E-state index contributed by atoms with van der Waals surface area (Å²) < 4.78 is 10.7. The number of halogens is 1. The van der Waals surface area contributed by atoms with Crippen LogP contribution in [0.3, 0.4) is 0 Å². The fourth-order valence-corrected chi connectivity index (χ4v) is 5.16. The quantitative estimate of drug-likeness (QED) is 0.669. The molecule has 3 rings (SSSR count). The lowest BCUT2D eigenvalue weighted by molar-refractivity contribution is 0.0973. The molecule has 3 heterocycles. The highest BCUT2D eigenvalue weighted by atomic mass is 79.9. The Kier molecular flexibility index (Phi) is 6.43. The van der Waals surface area contributed by atoms with Gasteiger partial charge in [-0.25, -0.2) is 9.97 Å². The van der Waals surface area contributed by atoms with Gasteiger partial charge >= 0.3 is 0 Å². The smallest absolute Gasteiger partial charge is 0.153 e. The molecule has 2 aliphatic heterocycles. The van der Waals surface area contributed by atoms with E-state index in [4.69, 9.17) is 9.72 Å². The van der Waals surface area contributed by atoms with E-state index < -0.39 is 0 Å². The van der Waals surface area contributed by atoms with E-state index in [-0.39, 0.29) is 22.9 Å². The van der Waals surface area contributed by atoms with Gasteiger partial charge in [0.1, 0.15) is 10.3 Å². The fourth-order valence-electron chi connectivity index (χ4n) is 3.94. The minimum absolute atomic E-state index is 0.102. The van der Waals surface area contributed by atoms with Crippen molar-refractivity contribution in [3.05, 3.63) is 16.0 Å². The summed E-state index contributed by atoms with van der Waals surface area (Å²) in [5.74, 6) is 0.814. The van der Waals surface area contributed by atoms with Gasteiger partial charge in [0.05, 0.1) is 31.1 Å². The molecule has 2 fully saturated rings.